The molecule has 0 heterocycles. The van der Waals surface area contributed by atoms with Crippen LogP contribution in [0.25, 0.3) is 0 Å². The van der Waals surface area contributed by atoms with Crippen molar-refractivity contribution in [1.82, 2.24) is 0 Å². The lowest BCUT2D eigenvalue weighted by atomic mass is 10.0. The summed E-state index contributed by atoms with van der Waals surface area (Å²) in [6.45, 7) is 6.27. The average Bonchev–Trinajstić information content (AvgIpc) is 1.99. The molecule has 1 aromatic carbocycles. The van der Waals surface area contributed by atoms with E-state index in [4.69, 9.17) is 5.73 Å². The van der Waals surface area contributed by atoms with Gasteiger partial charge in [-0.3, -0.25) is 0 Å². The molecule has 0 aromatic heterocycles. The third-order valence-electron chi connectivity index (χ3n) is 1.98. The summed E-state index contributed by atoms with van der Waals surface area (Å²) >= 11 is 2.37. The van der Waals surface area contributed by atoms with Gasteiger partial charge in [-0.15, -0.1) is 0 Å². The van der Waals surface area contributed by atoms with Crippen molar-refractivity contribution in [1.29, 1.82) is 0 Å². The summed E-state index contributed by atoms with van der Waals surface area (Å²) in [6, 6.07) is 4.47. The van der Waals surface area contributed by atoms with Gasteiger partial charge in [-0.25, -0.2) is 0 Å². The molecule has 1 aromatic rings. The standard InChI is InChI=1S/C10H14IN/c1-6-4-9(8(3)12)5-7(2)10(6)11/h4-5,8H,12H2,1-3H3/t8-/m1/s1. The van der Waals surface area contributed by atoms with Crippen LogP contribution in [0.3, 0.4) is 0 Å². The maximum Gasteiger partial charge on any atom is 0.0266 e. The van der Waals surface area contributed by atoms with E-state index in [9.17, 15) is 0 Å². The van der Waals surface area contributed by atoms with Crippen molar-refractivity contribution in [2.24, 2.45) is 5.73 Å². The largest absolute Gasteiger partial charge is 0.324 e. The van der Waals surface area contributed by atoms with E-state index in [1.165, 1.54) is 20.3 Å². The van der Waals surface area contributed by atoms with Crippen molar-refractivity contribution in [3.05, 3.63) is 32.4 Å². The Hall–Kier alpha value is -0.0900. The van der Waals surface area contributed by atoms with Gasteiger partial charge in [0.05, 0.1) is 0 Å². The van der Waals surface area contributed by atoms with E-state index in [1.54, 1.807) is 0 Å². The minimum atomic E-state index is 0.138. The number of hydrogen-bond donors (Lipinski definition) is 1. The van der Waals surface area contributed by atoms with Gasteiger partial charge in [0.2, 0.25) is 0 Å². The van der Waals surface area contributed by atoms with E-state index in [2.05, 4.69) is 48.6 Å². The molecule has 1 nitrogen and oxygen atoms in total. The molecular weight excluding hydrogens is 261 g/mol. The van der Waals surface area contributed by atoms with Crippen molar-refractivity contribution in [2.45, 2.75) is 26.8 Å². The third-order valence-corrected chi connectivity index (χ3v) is 3.69. The molecule has 1 rings (SSSR count). The van der Waals surface area contributed by atoms with Crippen molar-refractivity contribution < 1.29 is 0 Å². The van der Waals surface area contributed by atoms with E-state index in [-0.39, 0.29) is 6.04 Å². The number of nitrogens with two attached hydrogens (primary N) is 1. The highest BCUT2D eigenvalue weighted by atomic mass is 127. The fourth-order valence-electron chi connectivity index (χ4n) is 1.24. The minimum absolute atomic E-state index is 0.138. The monoisotopic (exact) mass is 275 g/mol. The first-order valence-corrected chi connectivity index (χ1v) is 5.12. The number of aryl methyl sites for hydroxylation is 2. The van der Waals surface area contributed by atoms with Crippen LogP contribution in [0, 0.1) is 17.4 Å². The van der Waals surface area contributed by atoms with Gasteiger partial charge in [0, 0.05) is 9.61 Å². The second kappa shape index (κ2) is 3.75. The molecule has 0 radical (unpaired) electrons. The van der Waals surface area contributed by atoms with Gasteiger partial charge in [-0.05, 0) is 60.1 Å². The van der Waals surface area contributed by atoms with Crippen LogP contribution in [0.5, 0.6) is 0 Å². The van der Waals surface area contributed by atoms with Crippen molar-refractivity contribution in [2.75, 3.05) is 0 Å². The zero-order chi connectivity index (χ0) is 9.30. The zero-order valence-electron chi connectivity index (χ0n) is 7.69. The summed E-state index contributed by atoms with van der Waals surface area (Å²) in [4.78, 5) is 0. The van der Waals surface area contributed by atoms with Crippen molar-refractivity contribution in [3.8, 4) is 0 Å². The summed E-state index contributed by atoms with van der Waals surface area (Å²) in [5.74, 6) is 0. The third kappa shape index (κ3) is 1.98. The zero-order valence-corrected chi connectivity index (χ0v) is 9.84. The van der Waals surface area contributed by atoms with Crippen LogP contribution in [0.4, 0.5) is 0 Å². The Bertz CT molecular complexity index is 269. The molecular formula is C10H14IN. The summed E-state index contributed by atoms with van der Waals surface area (Å²) in [5, 5.41) is 0. The van der Waals surface area contributed by atoms with Gasteiger partial charge in [0.1, 0.15) is 0 Å². The first-order chi connectivity index (χ1) is 5.52. The van der Waals surface area contributed by atoms with Gasteiger partial charge in [0.25, 0.3) is 0 Å². The molecule has 0 spiro atoms. The molecule has 2 N–H and O–H groups in total. The molecule has 66 valence electrons. The quantitative estimate of drug-likeness (QED) is 0.783. The smallest absolute Gasteiger partial charge is 0.0266 e. The first-order valence-electron chi connectivity index (χ1n) is 4.04. The summed E-state index contributed by atoms with van der Waals surface area (Å²) < 4.78 is 1.34. The summed E-state index contributed by atoms with van der Waals surface area (Å²) in [5.41, 5.74) is 9.67. The van der Waals surface area contributed by atoms with Crippen LogP contribution in [-0.4, -0.2) is 0 Å². The van der Waals surface area contributed by atoms with Gasteiger partial charge < -0.3 is 5.73 Å². The molecule has 0 unspecified atom stereocenters. The van der Waals surface area contributed by atoms with Crippen molar-refractivity contribution in [3.63, 3.8) is 0 Å². The second-order valence-electron chi connectivity index (χ2n) is 3.26. The number of rotatable bonds is 1. The molecule has 0 amide bonds. The highest BCUT2D eigenvalue weighted by Crippen LogP contribution is 2.21. The number of benzene rings is 1. The Morgan fingerprint density at radius 3 is 2.00 bits per heavy atom. The van der Waals surface area contributed by atoms with Crippen LogP contribution in [-0.2, 0) is 0 Å². The van der Waals surface area contributed by atoms with E-state index in [0.717, 1.165) is 0 Å². The van der Waals surface area contributed by atoms with Crippen molar-refractivity contribution >= 4 is 22.6 Å². The highest BCUT2D eigenvalue weighted by molar-refractivity contribution is 14.1. The molecule has 0 saturated carbocycles. The van der Waals surface area contributed by atoms with Gasteiger partial charge >= 0.3 is 0 Å². The van der Waals surface area contributed by atoms with Gasteiger partial charge in [-0.1, -0.05) is 12.1 Å². The van der Waals surface area contributed by atoms with Crippen LogP contribution < -0.4 is 5.73 Å². The van der Waals surface area contributed by atoms with E-state index in [0.29, 0.717) is 0 Å². The Morgan fingerprint density at radius 2 is 1.67 bits per heavy atom. The molecule has 0 aliphatic rings. The highest BCUT2D eigenvalue weighted by Gasteiger charge is 2.04. The molecule has 0 bridgehead atoms. The SMILES string of the molecule is Cc1cc([C@@H](C)N)cc(C)c1I. The van der Waals surface area contributed by atoms with E-state index in [1.807, 2.05) is 6.92 Å². The van der Waals surface area contributed by atoms with Crippen LogP contribution >= 0.6 is 22.6 Å². The lowest BCUT2D eigenvalue weighted by Crippen LogP contribution is -2.06. The maximum absolute atomic E-state index is 5.80. The van der Waals surface area contributed by atoms with E-state index < -0.39 is 0 Å². The molecule has 2 heteroatoms. The van der Waals surface area contributed by atoms with E-state index >= 15 is 0 Å². The minimum Gasteiger partial charge on any atom is -0.324 e. The average molecular weight is 275 g/mol. The Kier molecular flexibility index (Phi) is 3.12. The fraction of sp³-hybridized carbons (Fsp3) is 0.400. The lowest BCUT2D eigenvalue weighted by molar-refractivity contribution is 0.814. The van der Waals surface area contributed by atoms with Crippen LogP contribution in [0.15, 0.2) is 12.1 Å². The van der Waals surface area contributed by atoms with Gasteiger partial charge in [0.15, 0.2) is 0 Å². The molecule has 0 aliphatic heterocycles. The summed E-state index contributed by atoms with van der Waals surface area (Å²) in [6.07, 6.45) is 0. The molecule has 0 aliphatic carbocycles. The Labute approximate surface area is 87.5 Å². The van der Waals surface area contributed by atoms with Crippen LogP contribution in [0.1, 0.15) is 29.7 Å². The molecule has 0 fully saturated rings. The summed E-state index contributed by atoms with van der Waals surface area (Å²) in [7, 11) is 0. The predicted molar refractivity (Wildman–Crippen MR) is 61.2 cm³/mol. The topological polar surface area (TPSA) is 26.0 Å². The Balaban J connectivity index is 3.21. The van der Waals surface area contributed by atoms with Crippen LogP contribution in [0.2, 0.25) is 0 Å². The second-order valence-corrected chi connectivity index (χ2v) is 4.34. The number of hydrogen-bond acceptors (Lipinski definition) is 1. The molecule has 0 saturated heterocycles. The molecule has 12 heavy (non-hydrogen) atoms. The predicted octanol–water partition coefficient (Wildman–Crippen LogP) is 2.93. The first kappa shape index (κ1) is 9.99. The normalized spacial score (nSPS) is 13.1. The lowest BCUT2D eigenvalue weighted by Gasteiger charge is -2.10. The molecule has 1 atom stereocenters. The maximum atomic E-state index is 5.80. The number of halogens is 1. The van der Waals surface area contributed by atoms with Gasteiger partial charge in [-0.2, -0.15) is 0 Å². The Morgan fingerprint density at radius 1 is 1.25 bits per heavy atom. The fourth-order valence-corrected chi connectivity index (χ4v) is 1.55.